The van der Waals surface area contributed by atoms with Crippen LogP contribution in [0.1, 0.15) is 56.6 Å². The van der Waals surface area contributed by atoms with Gasteiger partial charge in [0.25, 0.3) is 0 Å². The number of rotatable bonds is 6. The average molecular weight is 252 g/mol. The number of hydrogen-bond acceptors (Lipinski definition) is 3. The number of ether oxygens (including phenoxy) is 1. The number of esters is 1. The molecule has 1 atom stereocenters. The van der Waals surface area contributed by atoms with Crippen LogP contribution in [0.15, 0.2) is 0 Å². The molecular weight excluding hydrogens is 228 g/mol. The molecule has 0 N–H and O–H groups in total. The Bertz CT molecular complexity index is 410. The first kappa shape index (κ1) is 14.7. The van der Waals surface area contributed by atoms with Crippen LogP contribution in [0.4, 0.5) is 0 Å². The predicted molar refractivity (Wildman–Crippen MR) is 71.7 cm³/mol. The van der Waals surface area contributed by atoms with Crippen LogP contribution < -0.4 is 0 Å². The van der Waals surface area contributed by atoms with E-state index in [2.05, 4.69) is 18.9 Å². The first-order valence-electron chi connectivity index (χ1n) is 6.77. The van der Waals surface area contributed by atoms with E-state index < -0.39 is 0 Å². The Morgan fingerprint density at radius 2 is 2.00 bits per heavy atom. The molecule has 0 aliphatic rings. The van der Waals surface area contributed by atoms with Crippen molar-refractivity contribution >= 4 is 5.97 Å². The van der Waals surface area contributed by atoms with Crippen molar-refractivity contribution in [3.05, 3.63) is 17.0 Å². The fourth-order valence-corrected chi connectivity index (χ4v) is 2.36. The van der Waals surface area contributed by atoms with E-state index in [1.165, 1.54) is 5.56 Å². The molecular formula is C14H24N2O2. The summed E-state index contributed by atoms with van der Waals surface area (Å²) in [5.41, 5.74) is 3.34. The van der Waals surface area contributed by atoms with Crippen LogP contribution in [-0.4, -0.2) is 22.4 Å². The Labute approximate surface area is 109 Å². The second-order valence-corrected chi connectivity index (χ2v) is 4.50. The highest BCUT2D eigenvalue weighted by molar-refractivity contribution is 5.74. The molecule has 1 unspecified atom stereocenters. The number of nitrogens with zero attached hydrogens (tertiary/aromatic N) is 2. The van der Waals surface area contributed by atoms with E-state index in [0.717, 1.165) is 30.7 Å². The molecule has 4 heteroatoms. The highest BCUT2D eigenvalue weighted by atomic mass is 16.5. The van der Waals surface area contributed by atoms with Gasteiger partial charge in [0, 0.05) is 5.69 Å². The fourth-order valence-electron chi connectivity index (χ4n) is 2.36. The summed E-state index contributed by atoms with van der Waals surface area (Å²) >= 11 is 0. The monoisotopic (exact) mass is 252 g/mol. The zero-order valence-electron chi connectivity index (χ0n) is 12.1. The zero-order valence-corrected chi connectivity index (χ0v) is 12.1. The van der Waals surface area contributed by atoms with E-state index in [1.807, 2.05) is 25.5 Å². The van der Waals surface area contributed by atoms with Gasteiger partial charge < -0.3 is 4.74 Å². The van der Waals surface area contributed by atoms with Gasteiger partial charge in [0.2, 0.25) is 0 Å². The maximum absolute atomic E-state index is 12.0. The second-order valence-electron chi connectivity index (χ2n) is 4.50. The van der Waals surface area contributed by atoms with Crippen molar-refractivity contribution in [2.75, 3.05) is 6.61 Å². The summed E-state index contributed by atoms with van der Waals surface area (Å²) in [4.78, 5) is 12.0. The molecule has 0 fully saturated rings. The van der Waals surface area contributed by atoms with Gasteiger partial charge in [-0.2, -0.15) is 5.10 Å². The average Bonchev–Trinajstić information content (AvgIpc) is 2.61. The molecule has 0 saturated heterocycles. The lowest BCUT2D eigenvalue weighted by atomic mass is 10.1. The van der Waals surface area contributed by atoms with Gasteiger partial charge in [-0.15, -0.1) is 0 Å². The van der Waals surface area contributed by atoms with Crippen LogP contribution in [0.2, 0.25) is 0 Å². The zero-order chi connectivity index (χ0) is 13.7. The molecule has 18 heavy (non-hydrogen) atoms. The third-order valence-electron chi connectivity index (χ3n) is 3.24. The van der Waals surface area contributed by atoms with Crippen molar-refractivity contribution in [1.29, 1.82) is 0 Å². The van der Waals surface area contributed by atoms with Crippen molar-refractivity contribution in [2.45, 2.75) is 59.9 Å². The lowest BCUT2D eigenvalue weighted by Gasteiger charge is -2.17. The van der Waals surface area contributed by atoms with E-state index in [9.17, 15) is 4.79 Å². The van der Waals surface area contributed by atoms with Crippen LogP contribution in [0.3, 0.4) is 0 Å². The molecule has 4 nitrogen and oxygen atoms in total. The minimum Gasteiger partial charge on any atom is -0.464 e. The molecule has 0 amide bonds. The lowest BCUT2D eigenvalue weighted by Crippen LogP contribution is -2.24. The number of carbonyl (C=O) groups is 1. The molecule has 102 valence electrons. The fraction of sp³-hybridized carbons (Fsp3) is 0.714. The number of aryl methyl sites for hydroxylation is 1. The maximum Gasteiger partial charge on any atom is 0.330 e. The highest BCUT2D eigenvalue weighted by Gasteiger charge is 2.25. The van der Waals surface area contributed by atoms with E-state index in [4.69, 9.17) is 4.74 Å². The van der Waals surface area contributed by atoms with Crippen LogP contribution >= 0.6 is 0 Å². The minimum absolute atomic E-state index is 0.174. The lowest BCUT2D eigenvalue weighted by molar-refractivity contribution is -0.147. The van der Waals surface area contributed by atoms with E-state index in [-0.39, 0.29) is 12.0 Å². The Morgan fingerprint density at radius 1 is 1.33 bits per heavy atom. The molecule has 1 heterocycles. The topological polar surface area (TPSA) is 44.1 Å². The molecule has 0 aromatic carbocycles. The van der Waals surface area contributed by atoms with Crippen LogP contribution in [-0.2, 0) is 16.0 Å². The molecule has 0 spiro atoms. The van der Waals surface area contributed by atoms with Gasteiger partial charge in [-0.05, 0) is 39.2 Å². The highest BCUT2D eigenvalue weighted by Crippen LogP contribution is 2.22. The number of hydrogen-bond donors (Lipinski definition) is 0. The van der Waals surface area contributed by atoms with Crippen molar-refractivity contribution in [2.24, 2.45) is 0 Å². The van der Waals surface area contributed by atoms with Crippen molar-refractivity contribution in [1.82, 2.24) is 9.78 Å². The quantitative estimate of drug-likeness (QED) is 0.731. The maximum atomic E-state index is 12.0. The first-order valence-corrected chi connectivity index (χ1v) is 6.77. The number of carbonyl (C=O) groups excluding carboxylic acids is 1. The molecule has 1 rings (SSSR count). The van der Waals surface area contributed by atoms with E-state index in [0.29, 0.717) is 6.61 Å². The Kier molecular flexibility index (Phi) is 5.38. The Balaban J connectivity index is 3.09. The predicted octanol–water partition coefficient (Wildman–Crippen LogP) is 2.97. The SMILES string of the molecule is CCCC(C(=O)OCC)n1nc(C)c(CC)c1C. The minimum atomic E-state index is -0.283. The molecule has 0 saturated carbocycles. The Morgan fingerprint density at radius 3 is 2.44 bits per heavy atom. The summed E-state index contributed by atoms with van der Waals surface area (Å²) in [5, 5.41) is 4.52. The van der Waals surface area contributed by atoms with Crippen LogP contribution in [0.25, 0.3) is 0 Å². The van der Waals surface area contributed by atoms with Crippen LogP contribution in [0.5, 0.6) is 0 Å². The largest absolute Gasteiger partial charge is 0.464 e. The van der Waals surface area contributed by atoms with Crippen molar-refractivity contribution in [3.63, 3.8) is 0 Å². The number of aromatic nitrogens is 2. The summed E-state index contributed by atoms with van der Waals surface area (Å²) in [7, 11) is 0. The van der Waals surface area contributed by atoms with Crippen LogP contribution in [0, 0.1) is 13.8 Å². The normalized spacial score (nSPS) is 12.5. The summed E-state index contributed by atoms with van der Waals surface area (Å²) in [6, 6.07) is -0.283. The van der Waals surface area contributed by atoms with Gasteiger partial charge in [0.05, 0.1) is 12.3 Å². The smallest absolute Gasteiger partial charge is 0.330 e. The molecule has 0 aliphatic carbocycles. The third-order valence-corrected chi connectivity index (χ3v) is 3.24. The van der Waals surface area contributed by atoms with E-state index >= 15 is 0 Å². The molecule has 0 bridgehead atoms. The van der Waals surface area contributed by atoms with E-state index in [1.54, 1.807) is 0 Å². The molecule has 0 radical (unpaired) electrons. The third kappa shape index (κ3) is 2.92. The van der Waals surface area contributed by atoms with Gasteiger partial charge in [-0.3, -0.25) is 4.68 Å². The summed E-state index contributed by atoms with van der Waals surface area (Å²) in [5.74, 6) is -0.174. The second kappa shape index (κ2) is 6.57. The van der Waals surface area contributed by atoms with Gasteiger partial charge in [0.15, 0.2) is 0 Å². The van der Waals surface area contributed by atoms with Gasteiger partial charge in [-0.25, -0.2) is 4.79 Å². The summed E-state index contributed by atoms with van der Waals surface area (Å²) in [6.07, 6.45) is 2.65. The summed E-state index contributed by atoms with van der Waals surface area (Å²) < 4.78 is 6.99. The van der Waals surface area contributed by atoms with Gasteiger partial charge >= 0.3 is 5.97 Å². The van der Waals surface area contributed by atoms with Gasteiger partial charge in [-0.1, -0.05) is 20.3 Å². The molecule has 0 aliphatic heterocycles. The van der Waals surface area contributed by atoms with Gasteiger partial charge in [0.1, 0.15) is 6.04 Å². The molecule has 1 aromatic rings. The molecule has 1 aromatic heterocycles. The first-order chi connectivity index (χ1) is 8.56. The summed E-state index contributed by atoms with van der Waals surface area (Å²) in [6.45, 7) is 10.5. The van der Waals surface area contributed by atoms with Crippen molar-refractivity contribution < 1.29 is 9.53 Å². The Hall–Kier alpha value is -1.32. The standard InChI is InChI=1S/C14H24N2O2/c1-6-9-13(14(17)18-8-3)16-11(5)12(7-2)10(4)15-16/h13H,6-9H2,1-5H3. The van der Waals surface area contributed by atoms with Crippen molar-refractivity contribution in [3.8, 4) is 0 Å².